The maximum atomic E-state index is 13.0. The molecular weight excluding hydrogens is 628 g/mol. The van der Waals surface area contributed by atoms with Crippen LogP contribution in [-0.4, -0.2) is 36.2 Å². The number of amides is 2. The van der Waals surface area contributed by atoms with Crippen LogP contribution in [0, 0.1) is 0 Å². The van der Waals surface area contributed by atoms with Gasteiger partial charge in [0.15, 0.2) is 5.78 Å². The van der Waals surface area contributed by atoms with Gasteiger partial charge in [0, 0.05) is 11.3 Å². The number of unbranched alkanes of at least 4 members (excludes halogenated alkanes) is 4. The molecule has 0 aliphatic rings. The number of carbonyl (C=O) groups is 4. The summed E-state index contributed by atoms with van der Waals surface area (Å²) in [6, 6.07) is 27.6. The smallest absolute Gasteiger partial charge is 0.343 e. The number of esters is 1. The summed E-state index contributed by atoms with van der Waals surface area (Å²) in [5.74, 6) is -0.138. The Kier molecular flexibility index (Phi) is 14.8. The molecule has 2 amide bonds. The summed E-state index contributed by atoms with van der Waals surface area (Å²) in [6.07, 6.45) is 8.43. The van der Waals surface area contributed by atoms with E-state index in [0.717, 1.165) is 36.8 Å². The molecule has 0 bridgehead atoms. The number of rotatable bonds is 19. The summed E-state index contributed by atoms with van der Waals surface area (Å²) in [4.78, 5) is 50.7. The highest BCUT2D eigenvalue weighted by atomic mass is 16.5. The van der Waals surface area contributed by atoms with E-state index < -0.39 is 17.9 Å². The molecule has 1 atom stereocenters. The van der Waals surface area contributed by atoms with Gasteiger partial charge < -0.3 is 20.1 Å². The average molecular weight is 677 g/mol. The standard InChI is InChI=1S/C42H48N2O6/c1-4-6-7-8-9-27-49-37-25-19-35(20-26-37)42(48)50-38-23-15-32(16-24-38)28-39(30(3)45)44-41(47)34-17-21-36(22-18-34)43-40(46)29-33-13-11-31(10-5-2)12-14-33/h11-26,39H,4-10,27-29H2,1-3H3,(H,43,46)(H,44,47)/t39-/m0/s1. The van der Waals surface area contributed by atoms with Gasteiger partial charge in [-0.3, -0.25) is 14.4 Å². The quantitative estimate of drug-likeness (QED) is 0.0587. The average Bonchev–Trinajstić information content (AvgIpc) is 3.11. The first-order valence-electron chi connectivity index (χ1n) is 17.6. The van der Waals surface area contributed by atoms with E-state index in [9.17, 15) is 19.2 Å². The number of Topliss-reactive ketones (excluding diaryl/α,β-unsaturated/α-hetero) is 1. The molecular formula is C42H48N2O6. The van der Waals surface area contributed by atoms with Crippen molar-refractivity contribution >= 4 is 29.3 Å². The fraction of sp³-hybridized carbons (Fsp3) is 0.333. The zero-order valence-electron chi connectivity index (χ0n) is 29.3. The molecule has 0 aliphatic carbocycles. The van der Waals surface area contributed by atoms with Crippen molar-refractivity contribution in [2.45, 2.75) is 84.6 Å². The summed E-state index contributed by atoms with van der Waals surface area (Å²) in [5.41, 5.74) is 4.32. The monoisotopic (exact) mass is 676 g/mol. The second-order valence-electron chi connectivity index (χ2n) is 12.5. The van der Waals surface area contributed by atoms with Crippen molar-refractivity contribution in [2.75, 3.05) is 11.9 Å². The molecule has 0 aromatic heterocycles. The number of hydrogen-bond acceptors (Lipinski definition) is 6. The number of benzene rings is 4. The van der Waals surface area contributed by atoms with Crippen LogP contribution in [0.3, 0.4) is 0 Å². The van der Waals surface area contributed by atoms with Crippen LogP contribution in [0.5, 0.6) is 11.5 Å². The van der Waals surface area contributed by atoms with Crippen LogP contribution in [0.1, 0.15) is 96.7 Å². The van der Waals surface area contributed by atoms with Crippen molar-refractivity contribution in [3.63, 3.8) is 0 Å². The lowest BCUT2D eigenvalue weighted by Crippen LogP contribution is -2.41. The highest BCUT2D eigenvalue weighted by Gasteiger charge is 2.19. The summed E-state index contributed by atoms with van der Waals surface area (Å²) in [6.45, 7) is 6.41. The molecule has 0 radical (unpaired) electrons. The molecule has 8 heteroatoms. The molecule has 0 saturated heterocycles. The maximum absolute atomic E-state index is 13.0. The van der Waals surface area contributed by atoms with Gasteiger partial charge in [0.1, 0.15) is 11.5 Å². The highest BCUT2D eigenvalue weighted by Crippen LogP contribution is 2.19. The number of carbonyl (C=O) groups excluding carboxylic acids is 4. The summed E-state index contributed by atoms with van der Waals surface area (Å²) in [7, 11) is 0. The zero-order valence-corrected chi connectivity index (χ0v) is 29.3. The summed E-state index contributed by atoms with van der Waals surface area (Å²) in [5, 5.41) is 5.68. The molecule has 0 heterocycles. The minimum atomic E-state index is -0.754. The van der Waals surface area contributed by atoms with Crippen LogP contribution in [-0.2, 0) is 28.9 Å². The zero-order chi connectivity index (χ0) is 35.7. The molecule has 4 aromatic rings. The minimum absolute atomic E-state index is 0.147. The number of aryl methyl sites for hydroxylation is 1. The van der Waals surface area contributed by atoms with Crippen molar-refractivity contribution in [1.29, 1.82) is 0 Å². The van der Waals surface area contributed by atoms with Crippen molar-refractivity contribution in [2.24, 2.45) is 0 Å². The van der Waals surface area contributed by atoms with Crippen LogP contribution in [0.25, 0.3) is 0 Å². The molecule has 8 nitrogen and oxygen atoms in total. The lowest BCUT2D eigenvalue weighted by atomic mass is 10.0. The van der Waals surface area contributed by atoms with E-state index in [2.05, 4.69) is 36.6 Å². The van der Waals surface area contributed by atoms with Gasteiger partial charge in [-0.2, -0.15) is 0 Å². The lowest BCUT2D eigenvalue weighted by Gasteiger charge is -2.17. The normalized spacial score (nSPS) is 11.3. The third kappa shape index (κ3) is 12.3. The topological polar surface area (TPSA) is 111 Å². The third-order valence-electron chi connectivity index (χ3n) is 8.33. The Morgan fingerprint density at radius 3 is 1.88 bits per heavy atom. The van der Waals surface area contributed by atoms with Crippen molar-refractivity contribution in [3.05, 3.63) is 125 Å². The van der Waals surface area contributed by atoms with E-state index in [1.165, 1.54) is 31.7 Å². The number of ketones is 1. The predicted molar refractivity (Wildman–Crippen MR) is 197 cm³/mol. The number of nitrogens with one attached hydrogen (secondary N) is 2. The second kappa shape index (κ2) is 19.7. The van der Waals surface area contributed by atoms with E-state index in [4.69, 9.17) is 9.47 Å². The third-order valence-corrected chi connectivity index (χ3v) is 8.33. The minimum Gasteiger partial charge on any atom is -0.494 e. The fourth-order valence-corrected chi connectivity index (χ4v) is 5.42. The molecule has 2 N–H and O–H groups in total. The Hall–Kier alpha value is -5.24. The van der Waals surface area contributed by atoms with Gasteiger partial charge in [0.05, 0.1) is 24.6 Å². The van der Waals surface area contributed by atoms with Gasteiger partial charge >= 0.3 is 5.97 Å². The molecule has 4 aromatic carbocycles. The van der Waals surface area contributed by atoms with Gasteiger partial charge in [0.25, 0.3) is 5.91 Å². The van der Waals surface area contributed by atoms with E-state index in [0.29, 0.717) is 34.9 Å². The molecule has 0 fully saturated rings. The Morgan fingerprint density at radius 2 is 1.24 bits per heavy atom. The van der Waals surface area contributed by atoms with Crippen molar-refractivity contribution in [3.8, 4) is 11.5 Å². The van der Waals surface area contributed by atoms with Crippen LogP contribution < -0.4 is 20.1 Å². The van der Waals surface area contributed by atoms with Gasteiger partial charge in [0.2, 0.25) is 5.91 Å². The Morgan fingerprint density at radius 1 is 0.640 bits per heavy atom. The second-order valence-corrected chi connectivity index (χ2v) is 12.5. The Balaban J connectivity index is 1.23. The predicted octanol–water partition coefficient (Wildman–Crippen LogP) is 8.32. The van der Waals surface area contributed by atoms with Crippen molar-refractivity contribution in [1.82, 2.24) is 5.32 Å². The van der Waals surface area contributed by atoms with E-state index in [1.54, 1.807) is 72.8 Å². The molecule has 262 valence electrons. The fourth-order valence-electron chi connectivity index (χ4n) is 5.42. The van der Waals surface area contributed by atoms with E-state index >= 15 is 0 Å². The number of hydrogen-bond donors (Lipinski definition) is 2. The van der Waals surface area contributed by atoms with Gasteiger partial charge in [-0.05, 0) is 104 Å². The first-order chi connectivity index (χ1) is 24.2. The maximum Gasteiger partial charge on any atom is 0.343 e. The Bertz CT molecular complexity index is 1680. The van der Waals surface area contributed by atoms with Crippen LogP contribution in [0.15, 0.2) is 97.1 Å². The van der Waals surface area contributed by atoms with Crippen LogP contribution in [0.2, 0.25) is 0 Å². The molecule has 0 spiro atoms. The van der Waals surface area contributed by atoms with Crippen LogP contribution in [0.4, 0.5) is 5.69 Å². The Labute approximate surface area is 295 Å². The summed E-state index contributed by atoms with van der Waals surface area (Å²) < 4.78 is 11.3. The van der Waals surface area contributed by atoms with Gasteiger partial charge in [-0.1, -0.05) is 82.3 Å². The largest absolute Gasteiger partial charge is 0.494 e. The molecule has 0 unspecified atom stereocenters. The van der Waals surface area contributed by atoms with Gasteiger partial charge in [-0.25, -0.2) is 4.79 Å². The molecule has 0 saturated carbocycles. The van der Waals surface area contributed by atoms with E-state index in [1.807, 2.05) is 12.1 Å². The van der Waals surface area contributed by atoms with E-state index in [-0.39, 0.29) is 24.5 Å². The summed E-state index contributed by atoms with van der Waals surface area (Å²) >= 11 is 0. The van der Waals surface area contributed by atoms with Crippen molar-refractivity contribution < 1.29 is 28.7 Å². The highest BCUT2D eigenvalue weighted by molar-refractivity contribution is 5.98. The molecule has 0 aliphatic heterocycles. The molecule has 4 rings (SSSR count). The van der Waals surface area contributed by atoms with Gasteiger partial charge in [-0.15, -0.1) is 0 Å². The SMILES string of the molecule is CCCCCCCOc1ccc(C(=O)Oc2ccc(C[C@H](NC(=O)c3ccc(NC(=O)Cc4ccc(CCC)cc4)cc3)C(C)=O)cc2)cc1. The molecule has 50 heavy (non-hydrogen) atoms. The first kappa shape index (κ1) is 37.6. The first-order valence-corrected chi connectivity index (χ1v) is 17.6. The lowest BCUT2D eigenvalue weighted by molar-refractivity contribution is -0.119. The number of ether oxygens (including phenoxy) is 2. The number of anilines is 1. The van der Waals surface area contributed by atoms with Crippen LogP contribution >= 0.6 is 0 Å².